The molecule has 7 nitrogen and oxygen atoms in total. The van der Waals surface area contributed by atoms with E-state index >= 15 is 0 Å². The van der Waals surface area contributed by atoms with Gasteiger partial charge in [-0.05, 0) is 29.3 Å². The molecule has 0 unspecified atom stereocenters. The van der Waals surface area contributed by atoms with Crippen molar-refractivity contribution in [1.82, 2.24) is 15.2 Å². The Morgan fingerprint density at radius 3 is 2.40 bits per heavy atom. The number of hydrogen-bond donors (Lipinski definition) is 3. The summed E-state index contributed by atoms with van der Waals surface area (Å²) in [5, 5.41) is 12.5. The Balaban J connectivity index is 1.77. The summed E-state index contributed by atoms with van der Waals surface area (Å²) in [4.78, 5) is 40.9. The van der Waals surface area contributed by atoms with Gasteiger partial charge in [-0.2, -0.15) is 0 Å². The minimum absolute atomic E-state index is 0.0581. The first-order valence-electron chi connectivity index (χ1n) is 9.13. The van der Waals surface area contributed by atoms with Gasteiger partial charge in [0, 0.05) is 20.1 Å². The minimum atomic E-state index is -0.944. The molecule has 2 aromatic carbocycles. The van der Waals surface area contributed by atoms with Crippen molar-refractivity contribution in [3.8, 4) is 5.75 Å². The van der Waals surface area contributed by atoms with Gasteiger partial charge in [0.05, 0.1) is 5.56 Å². The molecule has 0 radical (unpaired) electrons. The first-order chi connectivity index (χ1) is 14.3. The third-order valence-corrected chi connectivity index (χ3v) is 4.46. The molecule has 0 saturated carbocycles. The summed E-state index contributed by atoms with van der Waals surface area (Å²) >= 11 is 0. The topological polar surface area (TPSA) is 102 Å². The van der Waals surface area contributed by atoms with Gasteiger partial charge in [-0.15, -0.1) is 0 Å². The second-order valence-corrected chi connectivity index (χ2v) is 6.73. The Bertz CT molecular complexity index is 1110. The van der Waals surface area contributed by atoms with Crippen molar-refractivity contribution in [2.75, 3.05) is 7.05 Å². The number of pyridine rings is 1. The van der Waals surface area contributed by atoms with Gasteiger partial charge < -0.3 is 20.3 Å². The maximum atomic E-state index is 13.0. The van der Waals surface area contributed by atoms with Crippen molar-refractivity contribution in [3.63, 3.8) is 0 Å². The van der Waals surface area contributed by atoms with Gasteiger partial charge in [0.25, 0.3) is 17.4 Å². The molecular weight excluding hydrogens is 389 g/mol. The molecule has 3 N–H and O–H groups in total. The van der Waals surface area contributed by atoms with Gasteiger partial charge in [0.2, 0.25) is 0 Å². The molecule has 30 heavy (non-hydrogen) atoms. The molecule has 154 valence electrons. The van der Waals surface area contributed by atoms with E-state index in [0.29, 0.717) is 12.1 Å². The third kappa shape index (κ3) is 4.91. The monoisotopic (exact) mass is 409 g/mol. The van der Waals surface area contributed by atoms with Crippen molar-refractivity contribution >= 4 is 11.8 Å². The minimum Gasteiger partial charge on any atom is -0.502 e. The Morgan fingerprint density at radius 1 is 1.07 bits per heavy atom. The summed E-state index contributed by atoms with van der Waals surface area (Å²) in [7, 11) is 1.56. The van der Waals surface area contributed by atoms with E-state index in [1.54, 1.807) is 7.05 Å². The summed E-state index contributed by atoms with van der Waals surface area (Å²) in [5.41, 5.74) is 0.140. The Labute approximate surface area is 171 Å². The summed E-state index contributed by atoms with van der Waals surface area (Å²) in [6.45, 7) is 0.358. The number of carbonyl (C=O) groups excluding carboxylic acids is 2. The average Bonchev–Trinajstić information content (AvgIpc) is 2.75. The number of nitrogens with one attached hydrogen (secondary N) is 2. The molecule has 0 atom stereocenters. The Hall–Kier alpha value is -3.94. The third-order valence-electron chi connectivity index (χ3n) is 4.46. The molecule has 1 aromatic heterocycles. The first kappa shape index (κ1) is 20.8. The molecule has 8 heteroatoms. The number of aromatic nitrogens is 1. The van der Waals surface area contributed by atoms with Crippen LogP contribution in [0.4, 0.5) is 4.39 Å². The summed E-state index contributed by atoms with van der Waals surface area (Å²) in [5.74, 6) is -2.43. The molecule has 0 aliphatic carbocycles. The lowest BCUT2D eigenvalue weighted by Crippen LogP contribution is -2.30. The predicted molar refractivity (Wildman–Crippen MR) is 109 cm³/mol. The van der Waals surface area contributed by atoms with E-state index in [4.69, 9.17) is 0 Å². The van der Waals surface area contributed by atoms with Crippen molar-refractivity contribution in [1.29, 1.82) is 0 Å². The highest BCUT2D eigenvalue weighted by atomic mass is 19.1. The zero-order chi connectivity index (χ0) is 21.7. The Kier molecular flexibility index (Phi) is 6.26. The number of halogens is 1. The van der Waals surface area contributed by atoms with Crippen molar-refractivity contribution in [3.05, 3.63) is 99.2 Å². The standard InChI is InChI=1S/C22H20FN3O4/c1-26(13-15-5-3-2-4-6-15)22(30)18-11-17(19(27)21(29)25-18)20(28)24-12-14-7-9-16(23)10-8-14/h2-11,27H,12-13H2,1H3,(H,24,28)(H,25,29). The average molecular weight is 409 g/mol. The maximum Gasteiger partial charge on any atom is 0.291 e. The van der Waals surface area contributed by atoms with Gasteiger partial charge in [0.1, 0.15) is 11.5 Å². The lowest BCUT2D eigenvalue weighted by molar-refractivity contribution is 0.0779. The molecule has 0 fully saturated rings. The summed E-state index contributed by atoms with van der Waals surface area (Å²) < 4.78 is 13.0. The fraction of sp³-hybridized carbons (Fsp3) is 0.136. The highest BCUT2D eigenvalue weighted by molar-refractivity contribution is 6.00. The summed E-state index contributed by atoms with van der Waals surface area (Å²) in [6.07, 6.45) is 0. The lowest BCUT2D eigenvalue weighted by Gasteiger charge is -2.17. The zero-order valence-electron chi connectivity index (χ0n) is 16.2. The predicted octanol–water partition coefficient (Wildman–Crippen LogP) is 2.42. The van der Waals surface area contributed by atoms with Gasteiger partial charge in [-0.3, -0.25) is 14.4 Å². The van der Waals surface area contributed by atoms with E-state index < -0.39 is 28.9 Å². The zero-order valence-corrected chi connectivity index (χ0v) is 16.2. The molecule has 0 saturated heterocycles. The molecule has 0 bridgehead atoms. The van der Waals surface area contributed by atoms with Crippen molar-refractivity contribution < 1.29 is 19.1 Å². The van der Waals surface area contributed by atoms with Gasteiger partial charge in [-0.1, -0.05) is 42.5 Å². The fourth-order valence-electron chi connectivity index (χ4n) is 2.86. The first-order valence-corrected chi connectivity index (χ1v) is 9.13. The number of aromatic amines is 1. The molecular formula is C22H20FN3O4. The SMILES string of the molecule is CN(Cc1ccccc1)C(=O)c1cc(C(=O)NCc2ccc(F)cc2)c(O)c(=O)[nH]1. The van der Waals surface area contributed by atoms with Crippen LogP contribution in [0.15, 0.2) is 65.5 Å². The van der Waals surface area contributed by atoms with Crippen LogP contribution in [0.3, 0.4) is 0 Å². The van der Waals surface area contributed by atoms with E-state index in [1.807, 2.05) is 30.3 Å². The van der Waals surface area contributed by atoms with Gasteiger partial charge >= 0.3 is 0 Å². The van der Waals surface area contributed by atoms with Crippen LogP contribution >= 0.6 is 0 Å². The number of hydrogen-bond acceptors (Lipinski definition) is 4. The number of aromatic hydroxyl groups is 1. The number of nitrogens with zero attached hydrogens (tertiary/aromatic N) is 1. The van der Waals surface area contributed by atoms with Crippen LogP contribution in [-0.4, -0.2) is 33.9 Å². The van der Waals surface area contributed by atoms with Crippen molar-refractivity contribution in [2.45, 2.75) is 13.1 Å². The fourth-order valence-corrected chi connectivity index (χ4v) is 2.86. The maximum absolute atomic E-state index is 13.0. The van der Waals surface area contributed by atoms with E-state index in [-0.39, 0.29) is 17.8 Å². The molecule has 3 aromatic rings. The molecule has 1 heterocycles. The molecule has 3 rings (SSSR count). The lowest BCUT2D eigenvalue weighted by atomic mass is 10.1. The van der Waals surface area contributed by atoms with Crippen LogP contribution in [-0.2, 0) is 13.1 Å². The van der Waals surface area contributed by atoms with Crippen molar-refractivity contribution in [2.24, 2.45) is 0 Å². The number of carbonyl (C=O) groups is 2. The Morgan fingerprint density at radius 2 is 1.73 bits per heavy atom. The molecule has 2 amide bonds. The van der Waals surface area contributed by atoms with Crippen LogP contribution in [0.2, 0.25) is 0 Å². The van der Waals surface area contributed by atoms with E-state index in [1.165, 1.54) is 29.2 Å². The van der Waals surface area contributed by atoms with Gasteiger partial charge in [-0.25, -0.2) is 4.39 Å². The van der Waals surface area contributed by atoms with Gasteiger partial charge in [0.15, 0.2) is 5.75 Å². The quantitative estimate of drug-likeness (QED) is 0.582. The summed E-state index contributed by atoms with van der Waals surface area (Å²) in [6, 6.07) is 15.9. The number of amides is 2. The second kappa shape index (κ2) is 9.04. The van der Waals surface area contributed by atoms with E-state index in [0.717, 1.165) is 11.6 Å². The molecule has 0 spiro atoms. The largest absolute Gasteiger partial charge is 0.502 e. The normalized spacial score (nSPS) is 10.5. The number of H-pyrrole nitrogens is 1. The molecule has 0 aliphatic heterocycles. The number of rotatable bonds is 6. The number of benzene rings is 2. The highest BCUT2D eigenvalue weighted by Crippen LogP contribution is 2.14. The van der Waals surface area contributed by atoms with Crippen LogP contribution < -0.4 is 10.9 Å². The highest BCUT2D eigenvalue weighted by Gasteiger charge is 2.20. The van der Waals surface area contributed by atoms with E-state index in [9.17, 15) is 23.9 Å². The van der Waals surface area contributed by atoms with Crippen LogP contribution in [0, 0.1) is 5.82 Å². The second-order valence-electron chi connectivity index (χ2n) is 6.73. The van der Waals surface area contributed by atoms with Crippen LogP contribution in [0.1, 0.15) is 32.0 Å². The smallest absolute Gasteiger partial charge is 0.291 e. The van der Waals surface area contributed by atoms with E-state index in [2.05, 4.69) is 10.3 Å². The molecule has 0 aliphatic rings. The van der Waals surface area contributed by atoms with Crippen LogP contribution in [0.25, 0.3) is 0 Å². The van der Waals surface area contributed by atoms with Crippen LogP contribution in [0.5, 0.6) is 5.75 Å².